The van der Waals surface area contributed by atoms with Crippen molar-refractivity contribution in [2.45, 2.75) is 24.5 Å². The fourth-order valence-electron chi connectivity index (χ4n) is 4.78. The van der Waals surface area contributed by atoms with Crippen LogP contribution in [0.25, 0.3) is 11.1 Å². The quantitative estimate of drug-likeness (QED) is 0.524. The van der Waals surface area contributed by atoms with E-state index in [1.54, 1.807) is 23.1 Å². The van der Waals surface area contributed by atoms with Crippen LogP contribution in [0.3, 0.4) is 0 Å². The Hall–Kier alpha value is -2.53. The van der Waals surface area contributed by atoms with Crippen LogP contribution in [0.5, 0.6) is 0 Å². The summed E-state index contributed by atoms with van der Waals surface area (Å²) < 4.78 is 5.79. The van der Waals surface area contributed by atoms with Gasteiger partial charge in [0.05, 0.1) is 22.2 Å². The van der Waals surface area contributed by atoms with Crippen molar-refractivity contribution in [1.82, 2.24) is 4.90 Å². The normalized spacial score (nSPS) is 19.9. The highest BCUT2D eigenvalue weighted by molar-refractivity contribution is 6.42. The Bertz CT molecular complexity index is 1100. The smallest absolute Gasteiger partial charge is 0.410 e. The lowest BCUT2D eigenvalue weighted by Crippen LogP contribution is -2.34. The molecule has 6 heteroatoms. The monoisotopic (exact) mass is 453 g/mol. The Morgan fingerprint density at radius 3 is 2.23 bits per heavy atom. The van der Waals surface area contributed by atoms with E-state index in [4.69, 9.17) is 27.9 Å². The van der Waals surface area contributed by atoms with Crippen LogP contribution in [0, 0.1) is 0 Å². The zero-order valence-electron chi connectivity index (χ0n) is 16.7. The van der Waals surface area contributed by atoms with E-state index in [9.17, 15) is 9.90 Å². The third-order valence-electron chi connectivity index (χ3n) is 6.24. The number of carbonyl (C=O) groups excluding carboxylic acids is 1. The topological polar surface area (TPSA) is 49.8 Å². The van der Waals surface area contributed by atoms with Crippen molar-refractivity contribution in [3.8, 4) is 11.1 Å². The molecule has 3 aromatic carbocycles. The lowest BCUT2D eigenvalue weighted by molar-refractivity contribution is 0.0741. The molecular formula is C25H21Cl2NO3. The van der Waals surface area contributed by atoms with Crippen molar-refractivity contribution >= 4 is 29.3 Å². The first kappa shape index (κ1) is 20.4. The molecule has 2 atom stereocenters. The number of likely N-dealkylation sites (tertiary alicyclic amines) is 1. The van der Waals surface area contributed by atoms with E-state index in [1.807, 2.05) is 24.3 Å². The average molecular weight is 454 g/mol. The number of rotatable bonds is 3. The Kier molecular flexibility index (Phi) is 5.39. The zero-order chi connectivity index (χ0) is 21.5. The Morgan fingerprint density at radius 2 is 1.55 bits per heavy atom. The molecule has 0 bridgehead atoms. The standard InChI is InChI=1S/C25H21Cl2NO3/c26-21-11-5-10-19(23(21)27)24-22(29)12-13-28(24)25(30)31-14-20-17-8-3-1-6-15(17)16-7-2-4-9-18(16)20/h1-11,20,22,24,29H,12-14H2/t22-,24-/m1/s1. The summed E-state index contributed by atoms with van der Waals surface area (Å²) in [5.74, 6) is -0.0166. The maximum atomic E-state index is 13.1. The van der Waals surface area contributed by atoms with Gasteiger partial charge in [-0.2, -0.15) is 0 Å². The number of aliphatic hydroxyl groups excluding tert-OH is 1. The van der Waals surface area contributed by atoms with Crippen molar-refractivity contribution in [1.29, 1.82) is 0 Å². The minimum absolute atomic E-state index is 0.0166. The molecule has 3 aromatic rings. The van der Waals surface area contributed by atoms with E-state index >= 15 is 0 Å². The molecule has 1 aliphatic heterocycles. The fourth-order valence-corrected chi connectivity index (χ4v) is 5.20. The molecule has 158 valence electrons. The predicted octanol–water partition coefficient (Wildman–Crippen LogP) is 6.05. The van der Waals surface area contributed by atoms with Gasteiger partial charge >= 0.3 is 6.09 Å². The molecule has 0 spiro atoms. The molecule has 0 saturated carbocycles. The van der Waals surface area contributed by atoms with E-state index in [0.717, 1.165) is 11.1 Å². The Balaban J connectivity index is 1.38. The molecule has 0 aromatic heterocycles. The first-order chi connectivity index (χ1) is 15.1. The number of hydrogen-bond acceptors (Lipinski definition) is 3. The maximum absolute atomic E-state index is 13.1. The number of carbonyl (C=O) groups is 1. The summed E-state index contributed by atoms with van der Waals surface area (Å²) in [5.41, 5.74) is 5.31. The molecule has 0 radical (unpaired) electrons. The second kappa shape index (κ2) is 8.19. The van der Waals surface area contributed by atoms with Crippen LogP contribution in [-0.2, 0) is 4.74 Å². The van der Waals surface area contributed by atoms with E-state index in [2.05, 4.69) is 24.3 Å². The van der Waals surface area contributed by atoms with Gasteiger partial charge in [0.1, 0.15) is 6.61 Å². The lowest BCUT2D eigenvalue weighted by atomic mass is 9.98. The molecule has 5 rings (SSSR count). The molecular weight excluding hydrogens is 433 g/mol. The highest BCUT2D eigenvalue weighted by atomic mass is 35.5. The number of amides is 1. The van der Waals surface area contributed by atoms with Gasteiger partial charge < -0.3 is 9.84 Å². The molecule has 1 N–H and O–H groups in total. The van der Waals surface area contributed by atoms with Gasteiger partial charge in [-0.05, 0) is 40.3 Å². The molecule has 31 heavy (non-hydrogen) atoms. The molecule has 0 unspecified atom stereocenters. The SMILES string of the molecule is O=C(OCC1c2ccccc2-c2ccccc21)N1CC[C@@H](O)[C@H]1c1cccc(Cl)c1Cl. The average Bonchev–Trinajstić information content (AvgIpc) is 3.32. The van der Waals surface area contributed by atoms with Crippen LogP contribution in [0.1, 0.15) is 35.1 Å². The number of halogens is 2. The third-order valence-corrected chi connectivity index (χ3v) is 7.07. The third kappa shape index (κ3) is 3.49. The number of aliphatic hydroxyl groups is 1. The van der Waals surface area contributed by atoms with Crippen LogP contribution in [0.15, 0.2) is 66.7 Å². The van der Waals surface area contributed by atoms with Crippen LogP contribution in [0.2, 0.25) is 10.0 Å². The van der Waals surface area contributed by atoms with Gasteiger partial charge in [0.25, 0.3) is 0 Å². The van der Waals surface area contributed by atoms with E-state index in [-0.39, 0.29) is 12.5 Å². The Morgan fingerprint density at radius 1 is 0.935 bits per heavy atom. The summed E-state index contributed by atoms with van der Waals surface area (Å²) >= 11 is 12.5. The molecule has 1 amide bonds. The zero-order valence-corrected chi connectivity index (χ0v) is 18.2. The lowest BCUT2D eigenvalue weighted by Gasteiger charge is -2.27. The Labute approximate surface area is 191 Å². The number of benzene rings is 3. The molecule has 2 aliphatic rings. The summed E-state index contributed by atoms with van der Waals surface area (Å²) in [6.07, 6.45) is -0.728. The van der Waals surface area contributed by atoms with Crippen LogP contribution in [0.4, 0.5) is 4.79 Å². The highest BCUT2D eigenvalue weighted by Crippen LogP contribution is 2.45. The summed E-state index contributed by atoms with van der Waals surface area (Å²) in [6.45, 7) is 0.626. The summed E-state index contributed by atoms with van der Waals surface area (Å²) in [4.78, 5) is 14.6. The first-order valence-corrected chi connectivity index (χ1v) is 11.1. The van der Waals surface area contributed by atoms with Gasteiger partial charge in [-0.25, -0.2) is 4.79 Å². The van der Waals surface area contributed by atoms with Gasteiger partial charge in [0, 0.05) is 12.5 Å². The molecule has 1 aliphatic carbocycles. The minimum atomic E-state index is -0.726. The first-order valence-electron chi connectivity index (χ1n) is 10.3. The molecule has 1 fully saturated rings. The second-order valence-corrected chi connectivity index (χ2v) is 8.73. The van der Waals surface area contributed by atoms with Crippen LogP contribution >= 0.6 is 23.2 Å². The van der Waals surface area contributed by atoms with Gasteiger partial charge in [-0.3, -0.25) is 4.90 Å². The van der Waals surface area contributed by atoms with Crippen molar-refractivity contribution in [2.75, 3.05) is 13.2 Å². The number of nitrogens with zero attached hydrogens (tertiary/aromatic N) is 1. The molecule has 4 nitrogen and oxygen atoms in total. The number of ether oxygens (including phenoxy) is 1. The van der Waals surface area contributed by atoms with Crippen molar-refractivity contribution < 1.29 is 14.6 Å². The summed E-state index contributed by atoms with van der Waals surface area (Å²) in [6, 6.07) is 21.1. The van der Waals surface area contributed by atoms with Crippen molar-refractivity contribution in [2.24, 2.45) is 0 Å². The van der Waals surface area contributed by atoms with Crippen molar-refractivity contribution in [3.63, 3.8) is 0 Å². The summed E-state index contributed by atoms with van der Waals surface area (Å²) in [7, 11) is 0. The largest absolute Gasteiger partial charge is 0.448 e. The van der Waals surface area contributed by atoms with Crippen LogP contribution < -0.4 is 0 Å². The minimum Gasteiger partial charge on any atom is -0.448 e. The maximum Gasteiger partial charge on any atom is 0.410 e. The van der Waals surface area contributed by atoms with E-state index in [0.29, 0.717) is 28.6 Å². The molecule has 1 saturated heterocycles. The summed E-state index contributed by atoms with van der Waals surface area (Å²) in [5, 5.41) is 11.3. The van der Waals surface area contributed by atoms with Gasteiger partial charge in [0.15, 0.2) is 0 Å². The molecule has 1 heterocycles. The fraction of sp³-hybridized carbons (Fsp3) is 0.240. The van der Waals surface area contributed by atoms with Gasteiger partial charge in [0.2, 0.25) is 0 Å². The van der Waals surface area contributed by atoms with Gasteiger partial charge in [-0.1, -0.05) is 83.9 Å². The van der Waals surface area contributed by atoms with Gasteiger partial charge in [-0.15, -0.1) is 0 Å². The number of fused-ring (bicyclic) bond motifs is 3. The highest BCUT2D eigenvalue weighted by Gasteiger charge is 2.40. The van der Waals surface area contributed by atoms with Crippen molar-refractivity contribution in [3.05, 3.63) is 93.5 Å². The number of hydrogen-bond donors (Lipinski definition) is 1. The van der Waals surface area contributed by atoms with Crippen LogP contribution in [-0.4, -0.2) is 35.4 Å². The van der Waals surface area contributed by atoms with E-state index < -0.39 is 18.2 Å². The van der Waals surface area contributed by atoms with E-state index in [1.165, 1.54) is 11.1 Å². The second-order valence-electron chi connectivity index (χ2n) is 7.94. The predicted molar refractivity (Wildman–Crippen MR) is 122 cm³/mol.